The molecule has 0 bridgehead atoms. The Morgan fingerprint density at radius 1 is 0.939 bits per heavy atom. The van der Waals surface area contributed by atoms with E-state index in [-0.39, 0.29) is 30.7 Å². The minimum Gasteiger partial charge on any atom is -0.497 e. The molecule has 2 aromatic carbocycles. The van der Waals surface area contributed by atoms with Crippen LogP contribution in [0, 0.1) is 5.82 Å². The number of halogens is 1. The van der Waals surface area contributed by atoms with Gasteiger partial charge in [0.15, 0.2) is 0 Å². The Morgan fingerprint density at radius 2 is 1.64 bits per heavy atom. The van der Waals surface area contributed by atoms with E-state index >= 15 is 0 Å². The highest BCUT2D eigenvalue weighted by Crippen LogP contribution is 2.14. The summed E-state index contributed by atoms with van der Waals surface area (Å²) in [6, 6.07) is 13.5. The number of nitrogens with zero attached hydrogens (tertiary/aromatic N) is 2. The average molecular weight is 456 g/mol. The minimum atomic E-state index is -0.399. The van der Waals surface area contributed by atoms with Crippen LogP contribution in [0.5, 0.6) is 5.75 Å². The number of nitrogens with one attached hydrogen (secondary N) is 1. The second kappa shape index (κ2) is 12.0. The molecule has 1 heterocycles. The van der Waals surface area contributed by atoms with Gasteiger partial charge in [0, 0.05) is 32.6 Å². The lowest BCUT2D eigenvalue weighted by Crippen LogP contribution is -2.42. The van der Waals surface area contributed by atoms with E-state index in [4.69, 9.17) is 4.74 Å². The summed E-state index contributed by atoms with van der Waals surface area (Å²) in [5.41, 5.74) is 1.63. The number of methoxy groups -OCH3 is 1. The SMILES string of the molecule is COc1ccc(CCC(=O)N2CCCN(C(=O)CNC(=O)Cc3cccc(F)c3)CC2)cc1. The number of hydrogen-bond donors (Lipinski definition) is 1. The fourth-order valence-electron chi connectivity index (χ4n) is 3.80. The van der Waals surface area contributed by atoms with Crippen LogP contribution < -0.4 is 10.1 Å². The Balaban J connectivity index is 1.40. The van der Waals surface area contributed by atoms with E-state index in [2.05, 4.69) is 5.32 Å². The Morgan fingerprint density at radius 3 is 2.30 bits per heavy atom. The number of carbonyl (C=O) groups is 3. The summed E-state index contributed by atoms with van der Waals surface area (Å²) in [7, 11) is 1.62. The smallest absolute Gasteiger partial charge is 0.242 e. The molecule has 7 nitrogen and oxygen atoms in total. The van der Waals surface area contributed by atoms with Crippen molar-refractivity contribution in [3.8, 4) is 5.75 Å². The number of hydrogen-bond acceptors (Lipinski definition) is 4. The largest absolute Gasteiger partial charge is 0.497 e. The van der Waals surface area contributed by atoms with Crippen molar-refractivity contribution in [2.75, 3.05) is 39.8 Å². The highest BCUT2D eigenvalue weighted by atomic mass is 19.1. The molecule has 0 aliphatic carbocycles. The molecule has 0 saturated carbocycles. The van der Waals surface area contributed by atoms with Crippen molar-refractivity contribution < 1.29 is 23.5 Å². The van der Waals surface area contributed by atoms with E-state index in [1.165, 1.54) is 12.1 Å². The molecule has 1 aliphatic heterocycles. The molecule has 0 atom stereocenters. The zero-order valence-corrected chi connectivity index (χ0v) is 18.9. The van der Waals surface area contributed by atoms with Crippen molar-refractivity contribution in [1.82, 2.24) is 15.1 Å². The van der Waals surface area contributed by atoms with Crippen molar-refractivity contribution in [3.05, 3.63) is 65.5 Å². The van der Waals surface area contributed by atoms with Crippen molar-refractivity contribution in [2.45, 2.75) is 25.7 Å². The van der Waals surface area contributed by atoms with Gasteiger partial charge in [-0.1, -0.05) is 24.3 Å². The molecule has 1 aliphatic rings. The van der Waals surface area contributed by atoms with Crippen molar-refractivity contribution in [2.24, 2.45) is 0 Å². The van der Waals surface area contributed by atoms with Crippen LogP contribution in [0.1, 0.15) is 24.0 Å². The van der Waals surface area contributed by atoms with Crippen LogP contribution in [0.2, 0.25) is 0 Å². The number of carbonyl (C=O) groups excluding carboxylic acids is 3. The fourth-order valence-corrected chi connectivity index (χ4v) is 3.80. The molecule has 0 spiro atoms. The summed E-state index contributed by atoms with van der Waals surface area (Å²) in [4.78, 5) is 40.8. The van der Waals surface area contributed by atoms with Gasteiger partial charge in [-0.3, -0.25) is 14.4 Å². The Kier molecular flexibility index (Phi) is 8.80. The molecule has 1 saturated heterocycles. The van der Waals surface area contributed by atoms with Gasteiger partial charge in [-0.05, 0) is 48.2 Å². The summed E-state index contributed by atoms with van der Waals surface area (Å²) >= 11 is 0. The highest BCUT2D eigenvalue weighted by Gasteiger charge is 2.22. The minimum absolute atomic E-state index is 0.0154. The number of benzene rings is 2. The zero-order valence-electron chi connectivity index (χ0n) is 18.9. The number of rotatable bonds is 8. The topological polar surface area (TPSA) is 79.0 Å². The lowest BCUT2D eigenvalue weighted by atomic mass is 10.1. The van der Waals surface area contributed by atoms with Crippen LogP contribution in [0.4, 0.5) is 4.39 Å². The summed E-state index contributed by atoms with van der Waals surface area (Å²) in [5.74, 6) is -0.0608. The number of ether oxygens (including phenoxy) is 1. The monoisotopic (exact) mass is 455 g/mol. The third-order valence-electron chi connectivity index (χ3n) is 5.68. The first-order valence-electron chi connectivity index (χ1n) is 11.1. The van der Waals surface area contributed by atoms with Gasteiger partial charge in [-0.2, -0.15) is 0 Å². The Bertz CT molecular complexity index is 964. The van der Waals surface area contributed by atoms with Crippen LogP contribution in [0.15, 0.2) is 48.5 Å². The summed E-state index contributed by atoms with van der Waals surface area (Å²) in [6.45, 7) is 1.95. The first-order valence-corrected chi connectivity index (χ1v) is 11.1. The first-order chi connectivity index (χ1) is 15.9. The fraction of sp³-hybridized carbons (Fsp3) is 0.400. The van der Waals surface area contributed by atoms with E-state index in [0.717, 1.165) is 11.3 Å². The molecule has 0 unspecified atom stereocenters. The quantitative estimate of drug-likeness (QED) is 0.662. The molecule has 1 fully saturated rings. The zero-order chi connectivity index (χ0) is 23.6. The van der Waals surface area contributed by atoms with Crippen molar-refractivity contribution in [1.29, 1.82) is 0 Å². The van der Waals surface area contributed by atoms with E-state index in [0.29, 0.717) is 51.0 Å². The van der Waals surface area contributed by atoms with Gasteiger partial charge in [0.05, 0.1) is 20.1 Å². The predicted octanol–water partition coefficient (Wildman–Crippen LogP) is 2.19. The maximum atomic E-state index is 13.2. The number of amides is 3. The lowest BCUT2D eigenvalue weighted by molar-refractivity contribution is -0.134. The lowest BCUT2D eigenvalue weighted by Gasteiger charge is -2.22. The van der Waals surface area contributed by atoms with Crippen molar-refractivity contribution in [3.63, 3.8) is 0 Å². The maximum absolute atomic E-state index is 13.2. The van der Waals surface area contributed by atoms with E-state index in [9.17, 15) is 18.8 Å². The van der Waals surface area contributed by atoms with Gasteiger partial charge >= 0.3 is 0 Å². The van der Waals surface area contributed by atoms with Crippen LogP contribution in [-0.4, -0.2) is 67.4 Å². The van der Waals surface area contributed by atoms with Crippen LogP contribution in [0.3, 0.4) is 0 Å². The molecule has 176 valence electrons. The first kappa shape index (κ1) is 24.2. The third kappa shape index (κ3) is 7.59. The standard InChI is InChI=1S/C25H30FN3O4/c1-33-22-9-6-19(7-10-22)8-11-24(31)28-12-3-13-29(15-14-28)25(32)18-27-23(30)17-20-4-2-5-21(26)16-20/h2,4-7,9-10,16H,3,8,11-15,17-18H2,1H3,(H,27,30). The van der Waals surface area contributed by atoms with Gasteiger partial charge in [0.1, 0.15) is 11.6 Å². The molecule has 2 aromatic rings. The summed E-state index contributed by atoms with van der Waals surface area (Å²) in [6.07, 6.45) is 1.77. The van der Waals surface area contributed by atoms with Crippen LogP contribution >= 0.6 is 0 Å². The van der Waals surface area contributed by atoms with Gasteiger partial charge in [-0.15, -0.1) is 0 Å². The van der Waals surface area contributed by atoms with Gasteiger partial charge in [-0.25, -0.2) is 4.39 Å². The van der Waals surface area contributed by atoms with Crippen LogP contribution in [-0.2, 0) is 27.2 Å². The second-order valence-corrected chi connectivity index (χ2v) is 8.05. The van der Waals surface area contributed by atoms with E-state index in [1.807, 2.05) is 24.3 Å². The second-order valence-electron chi connectivity index (χ2n) is 8.05. The van der Waals surface area contributed by atoms with Crippen LogP contribution in [0.25, 0.3) is 0 Å². The number of aryl methyl sites for hydroxylation is 1. The summed E-state index contributed by atoms with van der Waals surface area (Å²) in [5, 5.41) is 2.61. The Hall–Kier alpha value is -3.42. The van der Waals surface area contributed by atoms with E-state index < -0.39 is 5.82 Å². The maximum Gasteiger partial charge on any atom is 0.242 e. The molecule has 0 radical (unpaired) electrons. The van der Waals surface area contributed by atoms with E-state index in [1.54, 1.807) is 29.0 Å². The average Bonchev–Trinajstić information content (AvgIpc) is 3.08. The molecule has 1 N–H and O–H groups in total. The Labute approximate surface area is 193 Å². The molecule has 0 aromatic heterocycles. The molecular weight excluding hydrogens is 425 g/mol. The molecule has 8 heteroatoms. The third-order valence-corrected chi connectivity index (χ3v) is 5.68. The molecule has 33 heavy (non-hydrogen) atoms. The molecular formula is C25H30FN3O4. The van der Waals surface area contributed by atoms with Crippen molar-refractivity contribution >= 4 is 17.7 Å². The predicted molar refractivity (Wildman–Crippen MR) is 122 cm³/mol. The molecule has 3 amide bonds. The normalized spacial score (nSPS) is 13.9. The molecule has 3 rings (SSSR count). The van der Waals surface area contributed by atoms with Gasteiger partial charge < -0.3 is 19.9 Å². The van der Waals surface area contributed by atoms with Gasteiger partial charge in [0.25, 0.3) is 0 Å². The van der Waals surface area contributed by atoms with Gasteiger partial charge in [0.2, 0.25) is 17.7 Å². The summed E-state index contributed by atoms with van der Waals surface area (Å²) < 4.78 is 18.4. The highest BCUT2D eigenvalue weighted by molar-refractivity contribution is 5.85.